The van der Waals surface area contributed by atoms with Crippen molar-refractivity contribution in [1.82, 2.24) is 10.6 Å². The molecule has 1 atom stereocenters. The van der Waals surface area contributed by atoms with Crippen LogP contribution in [0.1, 0.15) is 39.2 Å². The Balaban J connectivity index is 1.90. The van der Waals surface area contributed by atoms with E-state index in [1.165, 1.54) is 0 Å². The monoisotopic (exact) mass is 319 g/mol. The first-order valence-corrected chi connectivity index (χ1v) is 8.56. The fourth-order valence-electron chi connectivity index (χ4n) is 2.52. The molecular formula is C18H29N3O2. The van der Waals surface area contributed by atoms with E-state index in [4.69, 9.17) is 9.47 Å². The summed E-state index contributed by atoms with van der Waals surface area (Å²) in [6.07, 6.45) is 2.77. The summed E-state index contributed by atoms with van der Waals surface area (Å²) in [7, 11) is 0. The van der Waals surface area contributed by atoms with Gasteiger partial charge in [0.1, 0.15) is 5.75 Å². The van der Waals surface area contributed by atoms with Crippen molar-refractivity contribution in [2.24, 2.45) is 4.99 Å². The van der Waals surface area contributed by atoms with Crippen molar-refractivity contribution in [1.29, 1.82) is 0 Å². The zero-order chi connectivity index (χ0) is 16.5. The molecule has 2 N–H and O–H groups in total. The van der Waals surface area contributed by atoms with Crippen LogP contribution in [0.4, 0.5) is 0 Å². The van der Waals surface area contributed by atoms with Crippen molar-refractivity contribution in [3.63, 3.8) is 0 Å². The van der Waals surface area contributed by atoms with Gasteiger partial charge in [0.05, 0.1) is 18.8 Å². The molecule has 1 aromatic carbocycles. The van der Waals surface area contributed by atoms with E-state index in [1.54, 1.807) is 0 Å². The van der Waals surface area contributed by atoms with Crippen molar-refractivity contribution in [2.45, 2.75) is 52.4 Å². The molecule has 1 aliphatic heterocycles. The highest BCUT2D eigenvalue weighted by Crippen LogP contribution is 2.15. The first-order chi connectivity index (χ1) is 11.2. The van der Waals surface area contributed by atoms with Crippen LogP contribution in [-0.4, -0.2) is 37.9 Å². The summed E-state index contributed by atoms with van der Waals surface area (Å²) in [5.41, 5.74) is 1.14. The van der Waals surface area contributed by atoms with E-state index in [9.17, 15) is 0 Å². The molecule has 0 spiro atoms. The highest BCUT2D eigenvalue weighted by molar-refractivity contribution is 5.79. The zero-order valence-corrected chi connectivity index (χ0v) is 14.5. The highest BCUT2D eigenvalue weighted by Gasteiger charge is 2.15. The maximum atomic E-state index is 5.73. The van der Waals surface area contributed by atoms with Crippen LogP contribution in [0.2, 0.25) is 0 Å². The van der Waals surface area contributed by atoms with E-state index in [1.807, 2.05) is 32.0 Å². The normalized spacial score (nSPS) is 18.3. The number of rotatable bonds is 7. The number of nitrogens with one attached hydrogen (secondary N) is 2. The lowest BCUT2D eigenvalue weighted by Crippen LogP contribution is -2.41. The largest absolute Gasteiger partial charge is 0.491 e. The van der Waals surface area contributed by atoms with Gasteiger partial charge in [-0.25, -0.2) is 4.99 Å². The van der Waals surface area contributed by atoms with Gasteiger partial charge in [0.25, 0.3) is 0 Å². The molecule has 1 unspecified atom stereocenters. The molecule has 1 aliphatic rings. The van der Waals surface area contributed by atoms with Crippen molar-refractivity contribution in [2.75, 3.05) is 19.7 Å². The number of guanidine groups is 1. The molecule has 1 fully saturated rings. The second kappa shape index (κ2) is 9.40. The van der Waals surface area contributed by atoms with Crippen molar-refractivity contribution in [3.05, 3.63) is 29.8 Å². The summed E-state index contributed by atoms with van der Waals surface area (Å²) in [6.45, 7) is 9.28. The Morgan fingerprint density at radius 3 is 2.96 bits per heavy atom. The van der Waals surface area contributed by atoms with Crippen molar-refractivity contribution >= 4 is 5.96 Å². The third-order valence-electron chi connectivity index (χ3n) is 3.56. The first-order valence-electron chi connectivity index (χ1n) is 8.56. The number of benzene rings is 1. The van der Waals surface area contributed by atoms with E-state index >= 15 is 0 Å². The highest BCUT2D eigenvalue weighted by atomic mass is 16.5. The molecule has 23 heavy (non-hydrogen) atoms. The Bertz CT molecular complexity index is 497. The van der Waals surface area contributed by atoms with Gasteiger partial charge in [-0.2, -0.15) is 0 Å². The van der Waals surface area contributed by atoms with Gasteiger partial charge in [-0.05, 0) is 51.3 Å². The first kappa shape index (κ1) is 17.6. The minimum absolute atomic E-state index is 0.180. The molecule has 0 aliphatic carbocycles. The van der Waals surface area contributed by atoms with Crippen LogP contribution in [0, 0.1) is 0 Å². The van der Waals surface area contributed by atoms with Gasteiger partial charge in [-0.3, -0.25) is 0 Å². The Morgan fingerprint density at radius 1 is 1.39 bits per heavy atom. The minimum atomic E-state index is 0.180. The fourth-order valence-corrected chi connectivity index (χ4v) is 2.52. The van der Waals surface area contributed by atoms with E-state index in [0.29, 0.717) is 12.6 Å². The van der Waals surface area contributed by atoms with Crippen LogP contribution >= 0.6 is 0 Å². The molecule has 128 valence electrons. The quantitative estimate of drug-likeness (QED) is 0.599. The van der Waals surface area contributed by atoms with Crippen molar-refractivity contribution < 1.29 is 9.47 Å². The maximum absolute atomic E-state index is 5.73. The Morgan fingerprint density at radius 2 is 2.26 bits per heavy atom. The lowest BCUT2D eigenvalue weighted by Gasteiger charge is -2.15. The molecule has 5 heteroatoms. The summed E-state index contributed by atoms with van der Waals surface area (Å²) in [6, 6.07) is 8.11. The third-order valence-corrected chi connectivity index (χ3v) is 3.56. The Kier molecular flexibility index (Phi) is 7.20. The van der Waals surface area contributed by atoms with Crippen LogP contribution in [0.3, 0.4) is 0 Å². The van der Waals surface area contributed by atoms with Gasteiger partial charge in [0.15, 0.2) is 5.96 Å². The predicted molar refractivity (Wildman–Crippen MR) is 94.0 cm³/mol. The van der Waals surface area contributed by atoms with Gasteiger partial charge < -0.3 is 20.1 Å². The number of hydrogen-bond acceptors (Lipinski definition) is 3. The van der Waals surface area contributed by atoms with E-state index < -0.39 is 0 Å². The Hall–Kier alpha value is -1.75. The number of aliphatic imine (C=N–C) groups is 1. The van der Waals surface area contributed by atoms with E-state index in [0.717, 1.165) is 49.8 Å². The summed E-state index contributed by atoms with van der Waals surface area (Å²) in [5, 5.41) is 6.64. The van der Waals surface area contributed by atoms with Gasteiger partial charge in [0.2, 0.25) is 0 Å². The average molecular weight is 319 g/mol. The second-order valence-electron chi connectivity index (χ2n) is 6.03. The SMILES string of the molecule is CCNC(=NCc1cccc(OC(C)C)c1)NCC1CCCO1. The maximum Gasteiger partial charge on any atom is 0.191 e. The molecular weight excluding hydrogens is 290 g/mol. The standard InChI is InChI=1S/C18H29N3O2/c1-4-19-18(21-13-17-9-6-10-22-17)20-12-15-7-5-8-16(11-15)23-14(2)3/h5,7-8,11,14,17H,4,6,9-10,12-13H2,1-3H3,(H2,19,20,21). The third kappa shape index (κ3) is 6.48. The average Bonchev–Trinajstić information content (AvgIpc) is 3.03. The molecule has 0 saturated carbocycles. The van der Waals surface area contributed by atoms with Gasteiger partial charge in [-0.15, -0.1) is 0 Å². The molecule has 1 heterocycles. The molecule has 0 radical (unpaired) electrons. The molecule has 2 rings (SSSR count). The van der Waals surface area contributed by atoms with Crippen LogP contribution in [0.15, 0.2) is 29.3 Å². The van der Waals surface area contributed by atoms with Gasteiger partial charge in [0, 0.05) is 19.7 Å². The van der Waals surface area contributed by atoms with Crippen LogP contribution in [0.5, 0.6) is 5.75 Å². The molecule has 1 saturated heterocycles. The van der Waals surface area contributed by atoms with Gasteiger partial charge >= 0.3 is 0 Å². The number of hydrogen-bond donors (Lipinski definition) is 2. The predicted octanol–water partition coefficient (Wildman–Crippen LogP) is 2.71. The summed E-state index contributed by atoms with van der Waals surface area (Å²) < 4.78 is 11.4. The fraction of sp³-hybridized carbons (Fsp3) is 0.611. The lowest BCUT2D eigenvalue weighted by molar-refractivity contribution is 0.114. The topological polar surface area (TPSA) is 54.9 Å². The molecule has 5 nitrogen and oxygen atoms in total. The van der Waals surface area contributed by atoms with Crippen LogP contribution < -0.4 is 15.4 Å². The number of ether oxygens (including phenoxy) is 2. The van der Waals surface area contributed by atoms with Crippen molar-refractivity contribution in [3.8, 4) is 5.75 Å². The molecule has 1 aromatic rings. The lowest BCUT2D eigenvalue weighted by atomic mass is 10.2. The summed E-state index contributed by atoms with van der Waals surface area (Å²) in [4.78, 5) is 4.65. The molecule has 0 aromatic heterocycles. The molecule has 0 bridgehead atoms. The zero-order valence-electron chi connectivity index (χ0n) is 14.5. The van der Waals surface area contributed by atoms with E-state index in [-0.39, 0.29) is 6.10 Å². The molecule has 0 amide bonds. The van der Waals surface area contributed by atoms with E-state index in [2.05, 4.69) is 28.6 Å². The summed E-state index contributed by atoms with van der Waals surface area (Å²) in [5.74, 6) is 1.73. The van der Waals surface area contributed by atoms with Crippen LogP contribution in [0.25, 0.3) is 0 Å². The Labute approximate surface area is 139 Å². The minimum Gasteiger partial charge on any atom is -0.491 e. The van der Waals surface area contributed by atoms with Crippen LogP contribution in [-0.2, 0) is 11.3 Å². The summed E-state index contributed by atoms with van der Waals surface area (Å²) >= 11 is 0. The smallest absolute Gasteiger partial charge is 0.191 e. The van der Waals surface area contributed by atoms with Gasteiger partial charge in [-0.1, -0.05) is 12.1 Å². The second-order valence-corrected chi connectivity index (χ2v) is 6.03. The number of nitrogens with zero attached hydrogens (tertiary/aromatic N) is 1.